The van der Waals surface area contributed by atoms with Crippen molar-refractivity contribution in [3.63, 3.8) is 0 Å². The van der Waals surface area contributed by atoms with Crippen molar-refractivity contribution >= 4 is 11.9 Å². The number of amides is 1. The first-order chi connectivity index (χ1) is 10.7. The second kappa shape index (κ2) is 8.41. The van der Waals surface area contributed by atoms with Gasteiger partial charge in [-0.2, -0.15) is 0 Å². The lowest BCUT2D eigenvalue weighted by atomic mass is 9.88. The number of benzene rings is 1. The third-order valence-corrected chi connectivity index (χ3v) is 3.24. The molecule has 1 rings (SSSR count). The number of rotatable bonds is 8. The minimum absolute atomic E-state index is 0.00628. The van der Waals surface area contributed by atoms with Crippen molar-refractivity contribution in [1.82, 2.24) is 5.32 Å². The first-order valence-corrected chi connectivity index (χ1v) is 7.51. The summed E-state index contributed by atoms with van der Waals surface area (Å²) in [4.78, 5) is 23.2. The third kappa shape index (κ3) is 7.04. The first-order valence-electron chi connectivity index (χ1n) is 7.51. The molecular formula is C17H25NO5. The Morgan fingerprint density at radius 3 is 2.35 bits per heavy atom. The summed E-state index contributed by atoms with van der Waals surface area (Å²) in [6.45, 7) is 5.81. The van der Waals surface area contributed by atoms with Gasteiger partial charge in [-0.1, -0.05) is 32.9 Å². The van der Waals surface area contributed by atoms with E-state index in [9.17, 15) is 14.7 Å². The topological polar surface area (TPSA) is 84.9 Å². The molecule has 0 saturated carbocycles. The van der Waals surface area contributed by atoms with Crippen LogP contribution in [0, 0.1) is 5.41 Å². The zero-order valence-corrected chi connectivity index (χ0v) is 14.1. The Morgan fingerprint density at radius 1 is 1.22 bits per heavy atom. The Morgan fingerprint density at radius 2 is 1.83 bits per heavy atom. The van der Waals surface area contributed by atoms with E-state index in [-0.39, 0.29) is 12.0 Å². The maximum absolute atomic E-state index is 11.9. The van der Waals surface area contributed by atoms with Crippen molar-refractivity contribution in [2.24, 2.45) is 5.41 Å². The maximum Gasteiger partial charge on any atom is 0.326 e. The molecular weight excluding hydrogens is 298 g/mol. The fourth-order valence-corrected chi connectivity index (χ4v) is 1.95. The summed E-state index contributed by atoms with van der Waals surface area (Å²) in [6.07, 6.45) is 1.07. The van der Waals surface area contributed by atoms with E-state index in [2.05, 4.69) is 5.32 Å². The van der Waals surface area contributed by atoms with Crippen molar-refractivity contribution in [2.75, 3.05) is 13.7 Å². The maximum atomic E-state index is 11.9. The Hall–Kier alpha value is -2.24. The number of nitrogens with one attached hydrogen (secondary N) is 1. The second-order valence-corrected chi connectivity index (χ2v) is 6.50. The molecule has 23 heavy (non-hydrogen) atoms. The summed E-state index contributed by atoms with van der Waals surface area (Å²) in [7, 11) is 1.51. The molecule has 1 amide bonds. The monoisotopic (exact) mass is 323 g/mol. The number of hydrogen-bond donors (Lipinski definition) is 2. The standard InChI is InChI=1S/C17H25NO5/c1-17(2,3)10-9-12(16(20)21)18-15(19)11-23-14-8-6-5-7-13(14)22-4/h5-8,12H,9-11H2,1-4H3,(H,18,19)(H,20,21). The van der Waals surface area contributed by atoms with Crippen LogP contribution in [0.1, 0.15) is 33.6 Å². The fourth-order valence-electron chi connectivity index (χ4n) is 1.95. The molecule has 1 atom stereocenters. The van der Waals surface area contributed by atoms with Gasteiger partial charge in [0.1, 0.15) is 6.04 Å². The summed E-state index contributed by atoms with van der Waals surface area (Å²) in [5, 5.41) is 11.7. The SMILES string of the molecule is COc1ccccc1OCC(=O)NC(CCC(C)(C)C)C(=O)O. The molecule has 0 heterocycles. The summed E-state index contributed by atoms with van der Waals surface area (Å²) in [5.74, 6) is -0.563. The summed E-state index contributed by atoms with van der Waals surface area (Å²) in [5.41, 5.74) is 0.00628. The molecule has 0 bridgehead atoms. The van der Waals surface area contributed by atoms with E-state index in [1.165, 1.54) is 7.11 Å². The van der Waals surface area contributed by atoms with Crippen LogP contribution in [-0.4, -0.2) is 36.7 Å². The minimum atomic E-state index is -1.04. The molecule has 1 aromatic carbocycles. The quantitative estimate of drug-likeness (QED) is 0.767. The molecule has 0 fully saturated rings. The summed E-state index contributed by atoms with van der Waals surface area (Å²) >= 11 is 0. The number of para-hydroxylation sites is 2. The van der Waals surface area contributed by atoms with E-state index >= 15 is 0 Å². The molecule has 0 aliphatic carbocycles. The van der Waals surface area contributed by atoms with Crippen molar-refractivity contribution in [3.8, 4) is 11.5 Å². The molecule has 0 radical (unpaired) electrons. The van der Waals surface area contributed by atoms with Gasteiger partial charge in [0.15, 0.2) is 18.1 Å². The molecule has 0 spiro atoms. The number of carbonyl (C=O) groups is 2. The predicted octanol–water partition coefficient (Wildman–Crippen LogP) is 2.47. The number of hydrogen-bond acceptors (Lipinski definition) is 4. The van der Waals surface area contributed by atoms with E-state index in [0.717, 1.165) is 0 Å². The zero-order valence-electron chi connectivity index (χ0n) is 14.1. The molecule has 6 nitrogen and oxygen atoms in total. The van der Waals surface area contributed by atoms with Crippen molar-refractivity contribution in [3.05, 3.63) is 24.3 Å². The molecule has 2 N–H and O–H groups in total. The van der Waals surface area contributed by atoms with Crippen LogP contribution in [0.15, 0.2) is 24.3 Å². The highest BCUT2D eigenvalue weighted by atomic mass is 16.5. The summed E-state index contributed by atoms with van der Waals surface area (Å²) in [6, 6.07) is 6.04. The highest BCUT2D eigenvalue weighted by Gasteiger charge is 2.23. The average Bonchev–Trinajstić information content (AvgIpc) is 2.48. The van der Waals surface area contributed by atoms with Crippen LogP contribution >= 0.6 is 0 Å². The Labute approximate surface area is 136 Å². The average molecular weight is 323 g/mol. The van der Waals surface area contributed by atoms with E-state index in [1.807, 2.05) is 20.8 Å². The van der Waals surface area contributed by atoms with Gasteiger partial charge in [-0.15, -0.1) is 0 Å². The normalized spacial score (nSPS) is 12.3. The van der Waals surface area contributed by atoms with Crippen LogP contribution < -0.4 is 14.8 Å². The molecule has 0 saturated heterocycles. The molecule has 1 unspecified atom stereocenters. The van der Waals surface area contributed by atoms with Gasteiger partial charge >= 0.3 is 5.97 Å². The highest BCUT2D eigenvalue weighted by Crippen LogP contribution is 2.25. The second-order valence-electron chi connectivity index (χ2n) is 6.50. The molecule has 1 aromatic rings. The number of methoxy groups -OCH3 is 1. The predicted molar refractivity (Wildman–Crippen MR) is 86.7 cm³/mol. The van der Waals surface area contributed by atoms with E-state index in [1.54, 1.807) is 24.3 Å². The van der Waals surface area contributed by atoms with E-state index in [4.69, 9.17) is 9.47 Å². The number of ether oxygens (including phenoxy) is 2. The van der Waals surface area contributed by atoms with Crippen LogP contribution in [0.3, 0.4) is 0 Å². The van der Waals surface area contributed by atoms with Gasteiger partial charge < -0.3 is 19.9 Å². The smallest absolute Gasteiger partial charge is 0.326 e. The number of carboxylic acids is 1. The molecule has 0 aliphatic heterocycles. The molecule has 0 aromatic heterocycles. The highest BCUT2D eigenvalue weighted by molar-refractivity contribution is 5.84. The molecule has 6 heteroatoms. The van der Waals surface area contributed by atoms with E-state index < -0.39 is 17.9 Å². The van der Waals surface area contributed by atoms with Gasteiger partial charge in [0.2, 0.25) is 0 Å². The Balaban J connectivity index is 2.54. The number of aliphatic carboxylic acids is 1. The molecule has 128 valence electrons. The van der Waals surface area contributed by atoms with Gasteiger partial charge in [-0.25, -0.2) is 4.79 Å². The Kier molecular flexibility index (Phi) is 6.88. The van der Waals surface area contributed by atoms with Crippen LogP contribution in [-0.2, 0) is 9.59 Å². The van der Waals surface area contributed by atoms with Gasteiger partial charge in [0.25, 0.3) is 5.91 Å². The van der Waals surface area contributed by atoms with Crippen molar-refractivity contribution < 1.29 is 24.2 Å². The van der Waals surface area contributed by atoms with E-state index in [0.29, 0.717) is 24.3 Å². The lowest BCUT2D eigenvalue weighted by Gasteiger charge is -2.21. The largest absolute Gasteiger partial charge is 0.493 e. The van der Waals surface area contributed by atoms with Gasteiger partial charge in [0, 0.05) is 0 Å². The van der Waals surface area contributed by atoms with Gasteiger partial charge in [-0.05, 0) is 30.4 Å². The first kappa shape index (κ1) is 18.8. The van der Waals surface area contributed by atoms with Crippen LogP contribution in [0.5, 0.6) is 11.5 Å². The van der Waals surface area contributed by atoms with Crippen molar-refractivity contribution in [1.29, 1.82) is 0 Å². The third-order valence-electron chi connectivity index (χ3n) is 3.24. The lowest BCUT2D eigenvalue weighted by Crippen LogP contribution is -2.43. The summed E-state index contributed by atoms with van der Waals surface area (Å²) < 4.78 is 10.5. The van der Waals surface area contributed by atoms with Crippen LogP contribution in [0.25, 0.3) is 0 Å². The van der Waals surface area contributed by atoms with Crippen molar-refractivity contribution in [2.45, 2.75) is 39.7 Å². The number of carbonyl (C=O) groups excluding carboxylic acids is 1. The fraction of sp³-hybridized carbons (Fsp3) is 0.529. The minimum Gasteiger partial charge on any atom is -0.493 e. The van der Waals surface area contributed by atoms with Crippen LogP contribution in [0.4, 0.5) is 0 Å². The Bertz CT molecular complexity index is 536. The lowest BCUT2D eigenvalue weighted by molar-refractivity contribution is -0.142. The number of carboxylic acid groups (broad SMARTS) is 1. The van der Waals surface area contributed by atoms with Gasteiger partial charge in [0.05, 0.1) is 7.11 Å². The molecule has 0 aliphatic rings. The van der Waals surface area contributed by atoms with Gasteiger partial charge in [-0.3, -0.25) is 4.79 Å². The zero-order chi connectivity index (χ0) is 17.5. The van der Waals surface area contributed by atoms with Crippen LogP contribution in [0.2, 0.25) is 0 Å².